The van der Waals surface area contributed by atoms with Gasteiger partial charge in [0.25, 0.3) is 0 Å². The van der Waals surface area contributed by atoms with E-state index in [2.05, 4.69) is 10.6 Å². The molecule has 1 heterocycles. The van der Waals surface area contributed by atoms with Gasteiger partial charge in [-0.15, -0.1) is 12.4 Å². The first-order chi connectivity index (χ1) is 8.77. The molecule has 0 bridgehead atoms. The lowest BCUT2D eigenvalue weighted by Gasteiger charge is -2.28. The highest BCUT2D eigenvalue weighted by Crippen LogP contribution is 2.26. The summed E-state index contributed by atoms with van der Waals surface area (Å²) in [7, 11) is 0. The molecular weight excluding hydrogens is 264 g/mol. The van der Waals surface area contributed by atoms with E-state index in [9.17, 15) is 9.90 Å². The summed E-state index contributed by atoms with van der Waals surface area (Å²) in [6, 6.07) is 0. The summed E-state index contributed by atoms with van der Waals surface area (Å²) in [5.74, 6) is 0.670. The fourth-order valence-corrected chi connectivity index (χ4v) is 3.12. The molecule has 1 aliphatic heterocycles. The number of hydrogen-bond acceptors (Lipinski definition) is 3. The third kappa shape index (κ3) is 5.28. The number of piperidine rings is 1. The average molecular weight is 291 g/mol. The van der Waals surface area contributed by atoms with Gasteiger partial charge in [0.05, 0.1) is 6.10 Å². The molecule has 1 atom stereocenters. The molecule has 2 rings (SSSR count). The standard InChI is InChI=1S/C14H26N2O2.ClH/c17-13(11-4-2-1-3-5-11)10-16-14(18)12-6-8-15-9-7-12;/h11-13,15,17H,1-10H2,(H,16,18);1H. The Morgan fingerprint density at radius 2 is 1.79 bits per heavy atom. The summed E-state index contributed by atoms with van der Waals surface area (Å²) >= 11 is 0. The fourth-order valence-electron chi connectivity index (χ4n) is 3.12. The molecule has 4 nitrogen and oxygen atoms in total. The Bertz CT molecular complexity index is 264. The minimum atomic E-state index is -0.351. The summed E-state index contributed by atoms with van der Waals surface area (Å²) < 4.78 is 0. The topological polar surface area (TPSA) is 61.4 Å². The third-order valence-electron chi connectivity index (χ3n) is 4.39. The summed E-state index contributed by atoms with van der Waals surface area (Å²) in [6.45, 7) is 2.31. The first kappa shape index (κ1) is 16.7. The Morgan fingerprint density at radius 1 is 1.16 bits per heavy atom. The van der Waals surface area contributed by atoms with Gasteiger partial charge < -0.3 is 15.7 Å². The second kappa shape index (κ2) is 8.77. The first-order valence-corrected chi connectivity index (χ1v) is 7.44. The number of carbonyl (C=O) groups is 1. The highest BCUT2D eigenvalue weighted by atomic mass is 35.5. The van der Waals surface area contributed by atoms with Crippen LogP contribution in [0, 0.1) is 11.8 Å². The molecule has 3 N–H and O–H groups in total. The van der Waals surface area contributed by atoms with Crippen molar-refractivity contribution in [3.63, 3.8) is 0 Å². The van der Waals surface area contributed by atoms with Crippen LogP contribution < -0.4 is 10.6 Å². The Balaban J connectivity index is 0.00000180. The number of aliphatic hydroxyl groups excluding tert-OH is 1. The van der Waals surface area contributed by atoms with Crippen LogP contribution in [0.15, 0.2) is 0 Å². The van der Waals surface area contributed by atoms with E-state index in [-0.39, 0.29) is 30.3 Å². The molecule has 5 heteroatoms. The van der Waals surface area contributed by atoms with E-state index in [1.165, 1.54) is 19.3 Å². The average Bonchev–Trinajstić information content (AvgIpc) is 2.46. The van der Waals surface area contributed by atoms with Crippen LogP contribution in [0.2, 0.25) is 0 Å². The van der Waals surface area contributed by atoms with E-state index in [1.807, 2.05) is 0 Å². The van der Waals surface area contributed by atoms with Gasteiger partial charge in [0.15, 0.2) is 0 Å². The molecule has 0 radical (unpaired) electrons. The fraction of sp³-hybridized carbons (Fsp3) is 0.929. The predicted octanol–water partition coefficient (Wildman–Crippen LogP) is 1.47. The van der Waals surface area contributed by atoms with Gasteiger partial charge in [0, 0.05) is 12.5 Å². The summed E-state index contributed by atoms with van der Waals surface area (Å²) in [6.07, 6.45) is 7.47. The second-order valence-electron chi connectivity index (χ2n) is 5.73. The van der Waals surface area contributed by atoms with Gasteiger partial charge in [-0.2, -0.15) is 0 Å². The second-order valence-corrected chi connectivity index (χ2v) is 5.73. The van der Waals surface area contributed by atoms with E-state index >= 15 is 0 Å². The van der Waals surface area contributed by atoms with Crippen molar-refractivity contribution in [1.82, 2.24) is 10.6 Å². The Morgan fingerprint density at radius 3 is 2.42 bits per heavy atom. The van der Waals surface area contributed by atoms with Gasteiger partial charge in [-0.3, -0.25) is 4.79 Å². The first-order valence-electron chi connectivity index (χ1n) is 7.44. The predicted molar refractivity (Wildman–Crippen MR) is 78.4 cm³/mol. The molecule has 1 amide bonds. The molecule has 112 valence electrons. The molecule has 19 heavy (non-hydrogen) atoms. The van der Waals surface area contributed by atoms with Gasteiger partial charge in [0.2, 0.25) is 5.91 Å². The largest absolute Gasteiger partial charge is 0.391 e. The number of carbonyl (C=O) groups excluding carboxylic acids is 1. The zero-order chi connectivity index (χ0) is 12.8. The van der Waals surface area contributed by atoms with Crippen LogP contribution in [0.25, 0.3) is 0 Å². The van der Waals surface area contributed by atoms with Crippen molar-refractivity contribution in [2.24, 2.45) is 11.8 Å². The van der Waals surface area contributed by atoms with Crippen LogP contribution >= 0.6 is 12.4 Å². The molecule has 1 saturated carbocycles. The van der Waals surface area contributed by atoms with Crippen molar-refractivity contribution in [1.29, 1.82) is 0 Å². The molecule has 0 aromatic heterocycles. The molecular formula is C14H27ClN2O2. The monoisotopic (exact) mass is 290 g/mol. The third-order valence-corrected chi connectivity index (χ3v) is 4.39. The lowest BCUT2D eigenvalue weighted by Crippen LogP contribution is -2.42. The molecule has 1 unspecified atom stereocenters. The lowest BCUT2D eigenvalue weighted by atomic mass is 9.85. The van der Waals surface area contributed by atoms with Crippen molar-refractivity contribution in [3.8, 4) is 0 Å². The highest BCUT2D eigenvalue weighted by Gasteiger charge is 2.24. The molecule has 2 fully saturated rings. The minimum Gasteiger partial charge on any atom is -0.391 e. The van der Waals surface area contributed by atoms with Crippen molar-refractivity contribution in [2.45, 2.75) is 51.0 Å². The zero-order valence-electron chi connectivity index (χ0n) is 11.6. The molecule has 1 saturated heterocycles. The number of aliphatic hydroxyl groups is 1. The van der Waals surface area contributed by atoms with E-state index < -0.39 is 0 Å². The van der Waals surface area contributed by atoms with Crippen LogP contribution in [0.3, 0.4) is 0 Å². The Hall–Kier alpha value is -0.320. The van der Waals surface area contributed by atoms with Crippen LogP contribution in [-0.4, -0.2) is 36.8 Å². The van der Waals surface area contributed by atoms with Crippen LogP contribution in [0.1, 0.15) is 44.9 Å². The van der Waals surface area contributed by atoms with E-state index in [0.29, 0.717) is 12.5 Å². The number of rotatable bonds is 4. The van der Waals surface area contributed by atoms with Crippen LogP contribution in [-0.2, 0) is 4.79 Å². The maximum atomic E-state index is 11.9. The van der Waals surface area contributed by atoms with Crippen LogP contribution in [0.4, 0.5) is 0 Å². The zero-order valence-corrected chi connectivity index (χ0v) is 12.4. The van der Waals surface area contributed by atoms with Gasteiger partial charge >= 0.3 is 0 Å². The quantitative estimate of drug-likeness (QED) is 0.735. The number of halogens is 1. The van der Waals surface area contributed by atoms with Crippen molar-refractivity contribution in [2.75, 3.05) is 19.6 Å². The number of amides is 1. The Kier molecular flexibility index (Phi) is 7.73. The maximum absolute atomic E-state index is 11.9. The lowest BCUT2D eigenvalue weighted by molar-refractivity contribution is -0.126. The number of hydrogen-bond donors (Lipinski definition) is 3. The summed E-state index contributed by atoms with van der Waals surface area (Å²) in [5, 5.41) is 16.3. The van der Waals surface area contributed by atoms with Crippen molar-refractivity contribution >= 4 is 18.3 Å². The molecule has 0 aromatic carbocycles. The molecule has 1 aliphatic carbocycles. The van der Waals surface area contributed by atoms with Crippen molar-refractivity contribution < 1.29 is 9.90 Å². The van der Waals surface area contributed by atoms with E-state index in [0.717, 1.165) is 38.8 Å². The number of nitrogens with one attached hydrogen (secondary N) is 2. The van der Waals surface area contributed by atoms with Gasteiger partial charge in [-0.25, -0.2) is 0 Å². The Labute approximate surface area is 122 Å². The van der Waals surface area contributed by atoms with Gasteiger partial charge in [-0.05, 0) is 44.7 Å². The van der Waals surface area contributed by atoms with E-state index in [1.54, 1.807) is 0 Å². The summed E-state index contributed by atoms with van der Waals surface area (Å²) in [4.78, 5) is 11.9. The highest BCUT2D eigenvalue weighted by molar-refractivity contribution is 5.85. The molecule has 2 aliphatic rings. The van der Waals surface area contributed by atoms with E-state index in [4.69, 9.17) is 0 Å². The minimum absolute atomic E-state index is 0. The smallest absolute Gasteiger partial charge is 0.223 e. The summed E-state index contributed by atoms with van der Waals surface area (Å²) in [5.41, 5.74) is 0. The molecule has 0 spiro atoms. The maximum Gasteiger partial charge on any atom is 0.223 e. The van der Waals surface area contributed by atoms with Gasteiger partial charge in [-0.1, -0.05) is 19.3 Å². The van der Waals surface area contributed by atoms with Crippen LogP contribution in [0.5, 0.6) is 0 Å². The van der Waals surface area contributed by atoms with Gasteiger partial charge in [0.1, 0.15) is 0 Å². The SMILES string of the molecule is Cl.O=C(NCC(O)C1CCCCC1)C1CCNCC1. The van der Waals surface area contributed by atoms with Crippen molar-refractivity contribution in [3.05, 3.63) is 0 Å². The normalized spacial score (nSPS) is 23.4. The molecule has 0 aromatic rings.